The van der Waals surface area contributed by atoms with E-state index in [4.69, 9.17) is 0 Å². The number of hydrogen-bond donors (Lipinski definition) is 3. The standard InChI is InChI=1S/C15H21N3/c1-16-13-8-10-15(17-2,11-9-13)12-18-14-6-4-3-5-7-14/h3-10,16-18H,11-12H2,1-2H3. The summed E-state index contributed by atoms with van der Waals surface area (Å²) in [7, 11) is 3.96. The molecule has 0 amide bonds. The molecule has 0 radical (unpaired) electrons. The van der Waals surface area contributed by atoms with Crippen molar-refractivity contribution in [2.45, 2.75) is 12.0 Å². The first-order chi connectivity index (χ1) is 8.78. The van der Waals surface area contributed by atoms with Crippen LogP contribution < -0.4 is 16.0 Å². The summed E-state index contributed by atoms with van der Waals surface area (Å²) in [5.74, 6) is 0. The second-order valence-corrected chi connectivity index (χ2v) is 4.57. The van der Waals surface area contributed by atoms with E-state index < -0.39 is 0 Å². The Morgan fingerprint density at radius 1 is 1.17 bits per heavy atom. The monoisotopic (exact) mass is 243 g/mol. The van der Waals surface area contributed by atoms with Gasteiger partial charge < -0.3 is 16.0 Å². The molecule has 3 heteroatoms. The van der Waals surface area contributed by atoms with Crippen molar-refractivity contribution in [2.75, 3.05) is 26.0 Å². The molecule has 1 aromatic rings. The summed E-state index contributed by atoms with van der Waals surface area (Å²) in [6, 6.07) is 10.3. The molecule has 0 aliphatic heterocycles. The maximum Gasteiger partial charge on any atom is 0.0576 e. The molecule has 0 aromatic heterocycles. The number of benzene rings is 1. The van der Waals surface area contributed by atoms with Crippen LogP contribution in [0.5, 0.6) is 0 Å². The molecule has 0 heterocycles. The van der Waals surface area contributed by atoms with Gasteiger partial charge in [0.25, 0.3) is 0 Å². The predicted molar refractivity (Wildman–Crippen MR) is 77.6 cm³/mol. The van der Waals surface area contributed by atoms with Gasteiger partial charge in [0.15, 0.2) is 0 Å². The quantitative estimate of drug-likeness (QED) is 0.741. The van der Waals surface area contributed by atoms with E-state index >= 15 is 0 Å². The Morgan fingerprint density at radius 3 is 2.50 bits per heavy atom. The van der Waals surface area contributed by atoms with Gasteiger partial charge in [-0.25, -0.2) is 0 Å². The van der Waals surface area contributed by atoms with E-state index in [9.17, 15) is 0 Å². The van der Waals surface area contributed by atoms with Crippen molar-refractivity contribution >= 4 is 5.69 Å². The third kappa shape index (κ3) is 2.93. The molecule has 3 N–H and O–H groups in total. The topological polar surface area (TPSA) is 36.1 Å². The maximum atomic E-state index is 3.48. The second kappa shape index (κ2) is 5.74. The van der Waals surface area contributed by atoms with E-state index in [0.29, 0.717) is 0 Å². The van der Waals surface area contributed by atoms with Crippen molar-refractivity contribution in [1.82, 2.24) is 10.6 Å². The molecule has 96 valence electrons. The Morgan fingerprint density at radius 2 is 1.94 bits per heavy atom. The molecule has 0 bridgehead atoms. The molecule has 1 aromatic carbocycles. The minimum Gasteiger partial charge on any atom is -0.388 e. The van der Waals surface area contributed by atoms with Crippen molar-refractivity contribution in [3.05, 3.63) is 54.3 Å². The molecule has 0 fully saturated rings. The summed E-state index contributed by atoms with van der Waals surface area (Å²) in [4.78, 5) is 0. The summed E-state index contributed by atoms with van der Waals surface area (Å²) in [5, 5.41) is 10.1. The van der Waals surface area contributed by atoms with Crippen molar-refractivity contribution in [3.63, 3.8) is 0 Å². The number of likely N-dealkylation sites (N-methyl/N-ethyl adjacent to an activating group) is 2. The van der Waals surface area contributed by atoms with Crippen LogP contribution in [-0.4, -0.2) is 26.2 Å². The lowest BCUT2D eigenvalue weighted by Crippen LogP contribution is -2.47. The Labute approximate surface area is 109 Å². The first-order valence-corrected chi connectivity index (χ1v) is 6.33. The van der Waals surface area contributed by atoms with Crippen LogP contribution in [0.1, 0.15) is 6.42 Å². The van der Waals surface area contributed by atoms with Crippen LogP contribution >= 0.6 is 0 Å². The highest BCUT2D eigenvalue weighted by Crippen LogP contribution is 2.20. The zero-order valence-electron chi connectivity index (χ0n) is 11.0. The van der Waals surface area contributed by atoms with Gasteiger partial charge in [0.05, 0.1) is 5.54 Å². The zero-order chi connectivity index (χ0) is 12.8. The molecule has 2 rings (SSSR count). The first kappa shape index (κ1) is 12.7. The van der Waals surface area contributed by atoms with Gasteiger partial charge in [-0.1, -0.05) is 30.4 Å². The molecule has 1 aliphatic rings. The summed E-state index contributed by atoms with van der Waals surface area (Å²) < 4.78 is 0. The van der Waals surface area contributed by atoms with Crippen molar-refractivity contribution in [3.8, 4) is 0 Å². The van der Waals surface area contributed by atoms with Crippen LogP contribution in [0.2, 0.25) is 0 Å². The summed E-state index contributed by atoms with van der Waals surface area (Å²) in [6.45, 7) is 0.873. The van der Waals surface area contributed by atoms with Crippen LogP contribution in [0, 0.1) is 0 Å². The average Bonchev–Trinajstić information content (AvgIpc) is 2.47. The van der Waals surface area contributed by atoms with Gasteiger partial charge in [-0.15, -0.1) is 0 Å². The van der Waals surface area contributed by atoms with E-state index in [1.807, 2.05) is 32.3 Å². The third-order valence-electron chi connectivity index (χ3n) is 3.44. The molecular weight excluding hydrogens is 222 g/mol. The molecule has 1 aliphatic carbocycles. The van der Waals surface area contributed by atoms with Crippen LogP contribution in [0.15, 0.2) is 54.3 Å². The summed E-state index contributed by atoms with van der Waals surface area (Å²) >= 11 is 0. The molecule has 0 saturated carbocycles. The van der Waals surface area contributed by atoms with Crippen LogP contribution in [0.25, 0.3) is 0 Å². The predicted octanol–water partition coefficient (Wildman–Crippen LogP) is 2.12. The second-order valence-electron chi connectivity index (χ2n) is 4.57. The minimum absolute atomic E-state index is 0.00378. The van der Waals surface area contributed by atoms with E-state index in [-0.39, 0.29) is 5.54 Å². The van der Waals surface area contributed by atoms with E-state index in [1.54, 1.807) is 0 Å². The van der Waals surface area contributed by atoms with Gasteiger partial charge in [0.1, 0.15) is 0 Å². The van der Waals surface area contributed by atoms with Crippen molar-refractivity contribution in [2.24, 2.45) is 0 Å². The van der Waals surface area contributed by atoms with Gasteiger partial charge in [0.2, 0.25) is 0 Å². The van der Waals surface area contributed by atoms with Gasteiger partial charge in [0, 0.05) is 25.0 Å². The summed E-state index contributed by atoms with van der Waals surface area (Å²) in [5.41, 5.74) is 2.33. The molecule has 0 spiro atoms. The molecule has 1 unspecified atom stereocenters. The molecule has 18 heavy (non-hydrogen) atoms. The fourth-order valence-corrected chi connectivity index (χ4v) is 2.08. The number of rotatable bonds is 5. The van der Waals surface area contributed by atoms with Gasteiger partial charge >= 0.3 is 0 Å². The average molecular weight is 243 g/mol. The highest BCUT2D eigenvalue weighted by Gasteiger charge is 2.25. The zero-order valence-corrected chi connectivity index (χ0v) is 11.0. The minimum atomic E-state index is -0.00378. The Balaban J connectivity index is 1.99. The highest BCUT2D eigenvalue weighted by molar-refractivity contribution is 5.44. The SMILES string of the molecule is CNC1=CCC(CNc2ccccc2)(NC)C=C1. The lowest BCUT2D eigenvalue weighted by molar-refractivity contribution is 0.457. The van der Waals surface area contributed by atoms with Crippen LogP contribution in [-0.2, 0) is 0 Å². The lowest BCUT2D eigenvalue weighted by Gasteiger charge is -2.32. The third-order valence-corrected chi connectivity index (χ3v) is 3.44. The summed E-state index contributed by atoms with van der Waals surface area (Å²) in [6.07, 6.45) is 7.57. The van der Waals surface area contributed by atoms with Gasteiger partial charge in [-0.2, -0.15) is 0 Å². The maximum absolute atomic E-state index is 3.48. The Hall–Kier alpha value is -1.74. The van der Waals surface area contributed by atoms with Crippen molar-refractivity contribution < 1.29 is 0 Å². The van der Waals surface area contributed by atoms with E-state index in [0.717, 1.165) is 18.7 Å². The normalized spacial score (nSPS) is 22.4. The highest BCUT2D eigenvalue weighted by atomic mass is 15.0. The lowest BCUT2D eigenvalue weighted by atomic mass is 9.90. The fourth-order valence-electron chi connectivity index (χ4n) is 2.08. The number of anilines is 1. The van der Waals surface area contributed by atoms with E-state index in [2.05, 4.69) is 46.3 Å². The Kier molecular flexibility index (Phi) is 4.05. The van der Waals surface area contributed by atoms with Gasteiger partial charge in [-0.3, -0.25) is 0 Å². The Bertz CT molecular complexity index is 436. The smallest absolute Gasteiger partial charge is 0.0576 e. The molecule has 3 nitrogen and oxygen atoms in total. The number of hydrogen-bond acceptors (Lipinski definition) is 3. The molecular formula is C15H21N3. The van der Waals surface area contributed by atoms with Crippen LogP contribution in [0.4, 0.5) is 5.69 Å². The van der Waals surface area contributed by atoms with Gasteiger partial charge in [-0.05, 0) is 31.7 Å². The van der Waals surface area contributed by atoms with E-state index in [1.165, 1.54) is 5.70 Å². The number of nitrogens with one attached hydrogen (secondary N) is 3. The number of allylic oxidation sites excluding steroid dienone is 1. The largest absolute Gasteiger partial charge is 0.388 e. The first-order valence-electron chi connectivity index (χ1n) is 6.33. The fraction of sp³-hybridized carbons (Fsp3) is 0.333. The molecule has 0 saturated heterocycles. The van der Waals surface area contributed by atoms with Crippen molar-refractivity contribution in [1.29, 1.82) is 0 Å². The number of para-hydroxylation sites is 1. The van der Waals surface area contributed by atoms with Crippen LogP contribution in [0.3, 0.4) is 0 Å². The molecule has 1 atom stereocenters.